The molecule has 2 aliphatic carbocycles. The predicted molar refractivity (Wildman–Crippen MR) is 154 cm³/mol. The van der Waals surface area contributed by atoms with Crippen molar-refractivity contribution in [2.75, 3.05) is 0 Å². The molecule has 2 aliphatic rings. The van der Waals surface area contributed by atoms with E-state index in [-0.39, 0.29) is 23.6 Å². The average Bonchev–Trinajstić information content (AvgIpc) is 3.54. The molecule has 39 heavy (non-hydrogen) atoms. The van der Waals surface area contributed by atoms with Crippen LogP contribution in [0.25, 0.3) is 40.3 Å². The molecule has 3 aromatic rings. The monoisotopic (exact) mass is 524 g/mol. The van der Waals surface area contributed by atoms with Crippen molar-refractivity contribution in [3.05, 3.63) is 82.6 Å². The van der Waals surface area contributed by atoms with Crippen molar-refractivity contribution in [2.45, 2.75) is 46.5 Å². The van der Waals surface area contributed by atoms with Crippen LogP contribution in [0, 0.1) is 11.8 Å². The highest BCUT2D eigenvalue weighted by atomic mass is 19.1. The number of fused-ring (bicyclic) bond motifs is 2. The Balaban J connectivity index is 1.50. The van der Waals surface area contributed by atoms with Gasteiger partial charge in [-0.25, -0.2) is 9.37 Å². The summed E-state index contributed by atoms with van der Waals surface area (Å²) in [5.41, 5.74) is 5.01. The summed E-state index contributed by atoms with van der Waals surface area (Å²) < 4.78 is 14.7. The molecule has 200 valence electrons. The maximum absolute atomic E-state index is 14.7. The molecular weight excluding hydrogens is 491 g/mol. The van der Waals surface area contributed by atoms with Gasteiger partial charge in [0.15, 0.2) is 5.82 Å². The quantitative estimate of drug-likeness (QED) is 0.356. The molecule has 0 bridgehead atoms. The SMILES string of the molecule is C=C/C(=C\C(=C/C)C1C=c2c(-c3nc4c(C5=C(F)CCC=C5)cncc4[nH]3)n[nH]c2=CC1)NC(=O)CC(C)C. The Morgan fingerprint density at radius 3 is 2.92 bits per heavy atom. The first-order valence-corrected chi connectivity index (χ1v) is 13.3. The van der Waals surface area contributed by atoms with Gasteiger partial charge < -0.3 is 10.3 Å². The molecular formula is C31H33FN6O. The number of nitrogens with one attached hydrogen (secondary N) is 3. The molecule has 7 nitrogen and oxygen atoms in total. The van der Waals surface area contributed by atoms with Crippen LogP contribution < -0.4 is 15.9 Å². The minimum Gasteiger partial charge on any atom is -0.335 e. The summed E-state index contributed by atoms with van der Waals surface area (Å²) in [4.78, 5) is 24.8. The van der Waals surface area contributed by atoms with Crippen molar-refractivity contribution in [3.8, 4) is 11.5 Å². The fourth-order valence-corrected chi connectivity index (χ4v) is 5.04. The number of aromatic nitrogens is 5. The van der Waals surface area contributed by atoms with Crippen molar-refractivity contribution in [1.82, 2.24) is 30.5 Å². The number of H-pyrrole nitrogens is 2. The van der Waals surface area contributed by atoms with Crippen molar-refractivity contribution in [1.29, 1.82) is 0 Å². The number of carbonyl (C=O) groups is 1. The lowest BCUT2D eigenvalue weighted by atomic mass is 9.90. The van der Waals surface area contributed by atoms with Crippen molar-refractivity contribution < 1.29 is 9.18 Å². The van der Waals surface area contributed by atoms with Gasteiger partial charge in [0, 0.05) is 47.0 Å². The second-order valence-corrected chi connectivity index (χ2v) is 10.3. The summed E-state index contributed by atoms with van der Waals surface area (Å²) in [6.07, 6.45) is 19.5. The number of imidazole rings is 1. The van der Waals surface area contributed by atoms with Gasteiger partial charge in [-0.3, -0.25) is 14.9 Å². The maximum atomic E-state index is 14.7. The number of pyridine rings is 1. The third kappa shape index (κ3) is 5.46. The lowest BCUT2D eigenvalue weighted by molar-refractivity contribution is -0.121. The third-order valence-electron chi connectivity index (χ3n) is 6.97. The molecule has 0 saturated carbocycles. The zero-order chi connectivity index (χ0) is 27.5. The zero-order valence-electron chi connectivity index (χ0n) is 22.5. The minimum absolute atomic E-state index is 0.0247. The van der Waals surface area contributed by atoms with Crippen LogP contribution in [0.15, 0.2) is 66.4 Å². The standard InChI is InChI=1S/C31H33FN6O/c1-5-19(14-21(6-2)34-28(39)13-18(3)4)20-11-12-26-23(15-20)30(38-37-26)31-35-27-17-33-16-24(29(27)36-31)22-9-7-8-10-25(22)32/h5-7,9,12,14-18,20,37H,2,8,10-11,13H2,1,3-4H3,(H,34,39)(H,35,36)/b19-5+,21-14+. The van der Waals surface area contributed by atoms with E-state index in [9.17, 15) is 9.18 Å². The Hall–Kier alpha value is -4.33. The van der Waals surface area contributed by atoms with Gasteiger partial charge in [-0.05, 0) is 43.4 Å². The van der Waals surface area contributed by atoms with E-state index in [1.807, 2.05) is 39.0 Å². The van der Waals surface area contributed by atoms with Crippen LogP contribution in [0.3, 0.4) is 0 Å². The molecule has 5 rings (SSSR count). The Morgan fingerprint density at radius 2 is 2.18 bits per heavy atom. The first-order valence-electron chi connectivity index (χ1n) is 13.3. The Labute approximate surface area is 226 Å². The highest BCUT2D eigenvalue weighted by molar-refractivity contribution is 5.93. The molecule has 0 saturated heterocycles. The summed E-state index contributed by atoms with van der Waals surface area (Å²) >= 11 is 0. The summed E-state index contributed by atoms with van der Waals surface area (Å²) in [5, 5.41) is 12.5. The normalized spacial score (nSPS) is 17.7. The number of amides is 1. The minimum atomic E-state index is -0.148. The topological polar surface area (TPSA) is 99.3 Å². The molecule has 8 heteroatoms. The molecule has 3 aromatic heterocycles. The van der Waals surface area contributed by atoms with Gasteiger partial charge >= 0.3 is 0 Å². The predicted octanol–water partition coefficient (Wildman–Crippen LogP) is 5.14. The van der Waals surface area contributed by atoms with Gasteiger partial charge in [0.2, 0.25) is 5.91 Å². The van der Waals surface area contributed by atoms with Gasteiger partial charge in [-0.2, -0.15) is 5.10 Å². The summed E-state index contributed by atoms with van der Waals surface area (Å²) in [6, 6.07) is 0. The van der Waals surface area contributed by atoms with Crippen molar-refractivity contribution in [3.63, 3.8) is 0 Å². The molecule has 1 amide bonds. The van der Waals surface area contributed by atoms with E-state index in [0.29, 0.717) is 53.1 Å². The highest BCUT2D eigenvalue weighted by Crippen LogP contribution is 2.32. The number of aromatic amines is 2. The number of nitrogens with zero attached hydrogens (tertiary/aromatic N) is 3. The number of hydrogen-bond acceptors (Lipinski definition) is 4. The van der Waals surface area contributed by atoms with E-state index in [4.69, 9.17) is 4.98 Å². The summed E-state index contributed by atoms with van der Waals surface area (Å²) in [6.45, 7) is 9.91. The molecule has 3 N–H and O–H groups in total. The molecule has 3 heterocycles. The van der Waals surface area contributed by atoms with Gasteiger partial charge in [0.05, 0.1) is 17.1 Å². The molecule has 0 fully saturated rings. The number of halogens is 1. The second-order valence-electron chi connectivity index (χ2n) is 10.3. The van der Waals surface area contributed by atoms with E-state index in [1.165, 1.54) is 0 Å². The zero-order valence-corrected chi connectivity index (χ0v) is 22.5. The van der Waals surface area contributed by atoms with Crippen molar-refractivity contribution in [2.24, 2.45) is 11.8 Å². The van der Waals surface area contributed by atoms with Crippen LogP contribution in [0.1, 0.15) is 52.0 Å². The first kappa shape index (κ1) is 26.3. The fourth-order valence-electron chi connectivity index (χ4n) is 5.04. The lowest BCUT2D eigenvalue weighted by Crippen LogP contribution is -2.29. The van der Waals surface area contributed by atoms with Gasteiger partial charge in [-0.15, -0.1) is 0 Å². The summed E-state index contributed by atoms with van der Waals surface area (Å²) in [7, 11) is 0. The third-order valence-corrected chi connectivity index (χ3v) is 6.97. The smallest absolute Gasteiger partial charge is 0.224 e. The Bertz CT molecular complexity index is 1680. The lowest BCUT2D eigenvalue weighted by Gasteiger charge is -2.16. The van der Waals surface area contributed by atoms with Gasteiger partial charge in [0.1, 0.15) is 17.0 Å². The van der Waals surface area contributed by atoms with E-state index in [2.05, 4.69) is 50.3 Å². The fraction of sp³-hybridized carbons (Fsp3) is 0.290. The first-order chi connectivity index (χ1) is 18.9. The second kappa shape index (κ2) is 11.2. The van der Waals surface area contributed by atoms with E-state index >= 15 is 0 Å². The van der Waals surface area contributed by atoms with E-state index in [1.54, 1.807) is 18.5 Å². The Morgan fingerprint density at radius 1 is 1.33 bits per heavy atom. The molecule has 1 atom stereocenters. The number of allylic oxidation sites excluding steroid dienone is 8. The molecule has 0 aromatic carbocycles. The van der Waals surface area contributed by atoms with Gasteiger partial charge in [-0.1, -0.05) is 50.8 Å². The van der Waals surface area contributed by atoms with Crippen LogP contribution >= 0.6 is 0 Å². The number of carbonyl (C=O) groups excluding carboxylic acids is 1. The molecule has 0 aliphatic heterocycles. The van der Waals surface area contributed by atoms with Gasteiger partial charge in [0.25, 0.3) is 0 Å². The molecule has 1 unspecified atom stereocenters. The largest absolute Gasteiger partial charge is 0.335 e. The molecule has 0 spiro atoms. The Kier molecular flexibility index (Phi) is 7.54. The van der Waals surface area contributed by atoms with Crippen LogP contribution in [0.2, 0.25) is 0 Å². The van der Waals surface area contributed by atoms with E-state index in [0.717, 1.165) is 28.1 Å². The average molecular weight is 525 g/mol. The van der Waals surface area contributed by atoms with E-state index < -0.39 is 0 Å². The van der Waals surface area contributed by atoms with Crippen LogP contribution in [0.5, 0.6) is 0 Å². The van der Waals surface area contributed by atoms with Crippen LogP contribution in [0.4, 0.5) is 4.39 Å². The van der Waals surface area contributed by atoms with Crippen molar-refractivity contribution >= 4 is 34.7 Å². The molecule has 0 radical (unpaired) electrons. The number of hydrogen-bond donors (Lipinski definition) is 3. The van der Waals surface area contributed by atoms with Crippen LogP contribution in [-0.4, -0.2) is 31.1 Å². The van der Waals surface area contributed by atoms with Crippen LogP contribution in [-0.2, 0) is 4.79 Å². The highest BCUT2D eigenvalue weighted by Gasteiger charge is 2.20. The summed E-state index contributed by atoms with van der Waals surface area (Å²) in [5.74, 6) is 0.766. The maximum Gasteiger partial charge on any atom is 0.224 e. The number of rotatable bonds is 8.